The zero-order chi connectivity index (χ0) is 30.6. The van der Waals surface area contributed by atoms with E-state index < -0.39 is 5.97 Å². The van der Waals surface area contributed by atoms with E-state index in [1.807, 2.05) is 37.3 Å². The predicted octanol–water partition coefficient (Wildman–Crippen LogP) is 6.01. The fourth-order valence-electron chi connectivity index (χ4n) is 6.39. The van der Waals surface area contributed by atoms with Gasteiger partial charge >= 0.3 is 5.97 Å². The van der Waals surface area contributed by atoms with Gasteiger partial charge in [0, 0.05) is 31.8 Å². The standard InChI is InChI=1S/C35H40N4O5/c1-4-43-34-30(35(40)41)18-36-39(34)32-12-6-11-31(37-32)29-10-5-8-23(2)33(29)44-22-27-14-13-26-20-38(16-15-28(26)24(27)3)19-25-9-7-17-42-21-25/h5-6,8,10-14,18,25H,4,7,9,15-17,19-22H2,1-3H3,(H,40,41)/t25-/m1/s1. The first kappa shape index (κ1) is 29.8. The van der Waals surface area contributed by atoms with Crippen LogP contribution >= 0.6 is 0 Å². The molecule has 9 nitrogen and oxygen atoms in total. The zero-order valence-electron chi connectivity index (χ0n) is 25.7. The molecule has 0 spiro atoms. The van der Waals surface area contributed by atoms with Gasteiger partial charge in [0.2, 0.25) is 5.88 Å². The first-order valence-corrected chi connectivity index (χ1v) is 15.5. The Morgan fingerprint density at radius 2 is 1.98 bits per heavy atom. The molecule has 2 aromatic carbocycles. The molecule has 2 aliphatic rings. The summed E-state index contributed by atoms with van der Waals surface area (Å²) in [6.45, 7) is 11.8. The number of hydrogen-bond acceptors (Lipinski definition) is 7. The lowest BCUT2D eigenvalue weighted by Crippen LogP contribution is -2.37. The van der Waals surface area contributed by atoms with Crippen molar-refractivity contribution in [1.29, 1.82) is 0 Å². The molecule has 1 atom stereocenters. The lowest BCUT2D eigenvalue weighted by molar-refractivity contribution is 0.0364. The molecular formula is C35H40N4O5. The highest BCUT2D eigenvalue weighted by atomic mass is 16.5. The molecule has 230 valence electrons. The molecule has 0 radical (unpaired) electrons. The normalized spacial score (nSPS) is 16.8. The maximum Gasteiger partial charge on any atom is 0.342 e. The topological polar surface area (TPSA) is 98.9 Å². The van der Waals surface area contributed by atoms with Crippen molar-refractivity contribution in [3.63, 3.8) is 0 Å². The number of benzene rings is 2. The Morgan fingerprint density at radius 3 is 2.77 bits per heavy atom. The number of aryl methyl sites for hydroxylation is 1. The van der Waals surface area contributed by atoms with Gasteiger partial charge < -0.3 is 19.3 Å². The van der Waals surface area contributed by atoms with Crippen molar-refractivity contribution in [1.82, 2.24) is 19.7 Å². The van der Waals surface area contributed by atoms with Crippen LogP contribution in [-0.2, 0) is 24.3 Å². The molecule has 0 amide bonds. The van der Waals surface area contributed by atoms with E-state index in [1.165, 1.54) is 46.0 Å². The van der Waals surface area contributed by atoms with E-state index in [-0.39, 0.29) is 11.4 Å². The Kier molecular flexibility index (Phi) is 8.95. The van der Waals surface area contributed by atoms with Gasteiger partial charge in [-0.15, -0.1) is 0 Å². The molecule has 6 rings (SSSR count). The van der Waals surface area contributed by atoms with Crippen LogP contribution in [0.15, 0.2) is 54.7 Å². The highest BCUT2D eigenvalue weighted by Crippen LogP contribution is 2.34. The van der Waals surface area contributed by atoms with E-state index >= 15 is 0 Å². The molecule has 9 heteroatoms. The Morgan fingerprint density at radius 1 is 1.11 bits per heavy atom. The van der Waals surface area contributed by atoms with Crippen LogP contribution in [0, 0.1) is 19.8 Å². The van der Waals surface area contributed by atoms with E-state index in [1.54, 1.807) is 13.0 Å². The van der Waals surface area contributed by atoms with E-state index in [0.29, 0.717) is 30.6 Å². The van der Waals surface area contributed by atoms with Crippen LogP contribution in [0.25, 0.3) is 17.1 Å². The van der Waals surface area contributed by atoms with Crippen LogP contribution in [0.3, 0.4) is 0 Å². The molecule has 0 saturated carbocycles. The Labute approximate surface area is 258 Å². The summed E-state index contributed by atoms with van der Waals surface area (Å²) >= 11 is 0. The average molecular weight is 597 g/mol. The van der Waals surface area contributed by atoms with Crippen molar-refractivity contribution >= 4 is 5.97 Å². The summed E-state index contributed by atoms with van der Waals surface area (Å²) in [5.74, 6) is 0.924. The second-order valence-electron chi connectivity index (χ2n) is 11.7. The third-order valence-electron chi connectivity index (χ3n) is 8.70. The first-order valence-electron chi connectivity index (χ1n) is 15.5. The number of carbonyl (C=O) groups is 1. The number of carboxylic acid groups (broad SMARTS) is 1. The van der Waals surface area contributed by atoms with Crippen LogP contribution in [0.4, 0.5) is 0 Å². The molecule has 1 N–H and O–H groups in total. The van der Waals surface area contributed by atoms with E-state index in [2.05, 4.69) is 29.1 Å². The van der Waals surface area contributed by atoms with Gasteiger partial charge in [-0.1, -0.05) is 30.3 Å². The van der Waals surface area contributed by atoms with Crippen LogP contribution in [0.1, 0.15) is 57.9 Å². The van der Waals surface area contributed by atoms with Gasteiger partial charge in [0.15, 0.2) is 5.82 Å². The van der Waals surface area contributed by atoms with Crippen LogP contribution < -0.4 is 9.47 Å². The summed E-state index contributed by atoms with van der Waals surface area (Å²) in [6.07, 6.45) is 4.78. The van der Waals surface area contributed by atoms with E-state index in [0.717, 1.165) is 56.1 Å². The molecule has 0 unspecified atom stereocenters. The third kappa shape index (κ3) is 6.21. The summed E-state index contributed by atoms with van der Waals surface area (Å²) in [5, 5.41) is 13.8. The minimum atomic E-state index is -1.10. The minimum absolute atomic E-state index is 0.00872. The van der Waals surface area contributed by atoms with Crippen LogP contribution in [-0.4, -0.2) is 63.7 Å². The number of nitrogens with zero attached hydrogens (tertiary/aromatic N) is 4. The highest BCUT2D eigenvalue weighted by molar-refractivity contribution is 5.90. The maximum atomic E-state index is 11.7. The molecule has 44 heavy (non-hydrogen) atoms. The number of fused-ring (bicyclic) bond motifs is 1. The molecule has 1 saturated heterocycles. The van der Waals surface area contributed by atoms with Gasteiger partial charge in [-0.3, -0.25) is 4.90 Å². The molecule has 2 aromatic heterocycles. The van der Waals surface area contributed by atoms with Gasteiger partial charge in [-0.2, -0.15) is 9.78 Å². The number of para-hydroxylation sites is 1. The number of carboxylic acids is 1. The van der Waals surface area contributed by atoms with Crippen molar-refractivity contribution in [2.45, 2.75) is 53.2 Å². The summed E-state index contributed by atoms with van der Waals surface area (Å²) in [6, 6.07) is 16.1. The van der Waals surface area contributed by atoms with Gasteiger partial charge in [0.25, 0.3) is 0 Å². The molecule has 0 bridgehead atoms. The van der Waals surface area contributed by atoms with Crippen molar-refractivity contribution in [2.75, 3.05) is 32.9 Å². The van der Waals surface area contributed by atoms with E-state index in [9.17, 15) is 9.90 Å². The summed E-state index contributed by atoms with van der Waals surface area (Å²) < 4.78 is 19.3. The summed E-state index contributed by atoms with van der Waals surface area (Å²) in [4.78, 5) is 19.1. The van der Waals surface area contributed by atoms with Gasteiger partial charge in [-0.25, -0.2) is 9.78 Å². The second-order valence-corrected chi connectivity index (χ2v) is 11.7. The molecular weight excluding hydrogens is 556 g/mol. The molecule has 1 fully saturated rings. The number of hydrogen-bond donors (Lipinski definition) is 1. The quantitative estimate of drug-likeness (QED) is 0.238. The van der Waals surface area contributed by atoms with Crippen molar-refractivity contribution in [2.24, 2.45) is 5.92 Å². The Hall–Kier alpha value is -4.21. The third-order valence-corrected chi connectivity index (χ3v) is 8.70. The number of aromatic nitrogens is 3. The Balaban J connectivity index is 1.21. The predicted molar refractivity (Wildman–Crippen MR) is 168 cm³/mol. The molecule has 4 aromatic rings. The van der Waals surface area contributed by atoms with Gasteiger partial charge in [-0.05, 0) is 92.0 Å². The Bertz CT molecular complexity index is 1640. The summed E-state index contributed by atoms with van der Waals surface area (Å²) in [7, 11) is 0. The van der Waals surface area contributed by atoms with Gasteiger partial charge in [0.05, 0.1) is 25.1 Å². The van der Waals surface area contributed by atoms with Crippen molar-refractivity contribution < 1.29 is 24.1 Å². The minimum Gasteiger partial charge on any atom is -0.488 e. The molecule has 0 aliphatic carbocycles. The maximum absolute atomic E-state index is 11.7. The fourth-order valence-corrected chi connectivity index (χ4v) is 6.39. The van der Waals surface area contributed by atoms with Crippen LogP contribution in [0.5, 0.6) is 11.6 Å². The number of aromatic carboxylic acids is 1. The largest absolute Gasteiger partial charge is 0.488 e. The molecule has 2 aliphatic heterocycles. The second kappa shape index (κ2) is 13.2. The fraction of sp³-hybridized carbons (Fsp3) is 0.400. The first-order chi connectivity index (χ1) is 21.4. The average Bonchev–Trinajstić information content (AvgIpc) is 3.46. The van der Waals surface area contributed by atoms with E-state index in [4.69, 9.17) is 19.2 Å². The van der Waals surface area contributed by atoms with Crippen molar-refractivity contribution in [3.8, 4) is 28.7 Å². The summed E-state index contributed by atoms with van der Waals surface area (Å²) in [5.41, 5.74) is 7.92. The lowest BCUT2D eigenvalue weighted by Gasteiger charge is -2.34. The zero-order valence-corrected chi connectivity index (χ0v) is 25.7. The molecule has 4 heterocycles. The smallest absolute Gasteiger partial charge is 0.342 e. The lowest BCUT2D eigenvalue weighted by atomic mass is 9.91. The van der Waals surface area contributed by atoms with Gasteiger partial charge in [0.1, 0.15) is 17.9 Å². The number of rotatable bonds is 10. The van der Waals surface area contributed by atoms with Crippen molar-refractivity contribution in [3.05, 3.63) is 88.1 Å². The number of ether oxygens (including phenoxy) is 3. The SMILES string of the molecule is CCOc1c(C(=O)O)cnn1-c1cccc(-c2cccc(C)c2OCc2ccc3c(c2C)CCN(C[C@H]2CCCOC2)C3)n1. The van der Waals surface area contributed by atoms with Crippen LogP contribution in [0.2, 0.25) is 0 Å². The monoisotopic (exact) mass is 596 g/mol. The highest BCUT2D eigenvalue weighted by Gasteiger charge is 2.24. The number of pyridine rings is 1.